The maximum atomic E-state index is 12.4. The van der Waals surface area contributed by atoms with Crippen LogP contribution >= 0.6 is 11.6 Å². The predicted octanol–water partition coefficient (Wildman–Crippen LogP) is 6.75. The SMILES string of the molecule is C=C1C(COCc2ccccc2)[C@H](OC(c2ccccc2)(c2ccccc2)c2ccc(OC)cc2)C(O)C1n1cnc2c(Cl)nc(N)nc21. The van der Waals surface area contributed by atoms with E-state index in [1.165, 1.54) is 0 Å². The van der Waals surface area contributed by atoms with E-state index >= 15 is 0 Å². The minimum atomic E-state index is -1.15. The second-order valence-electron chi connectivity index (χ2n) is 12.0. The van der Waals surface area contributed by atoms with Crippen molar-refractivity contribution in [1.82, 2.24) is 19.5 Å². The average Bonchev–Trinajstić information content (AvgIpc) is 3.65. The normalized spacial score (nSPS) is 19.4. The molecular weight excluding hydrogens is 638 g/mol. The first kappa shape index (κ1) is 32.5. The second-order valence-corrected chi connectivity index (χ2v) is 12.4. The lowest BCUT2D eigenvalue weighted by atomic mass is 9.79. The largest absolute Gasteiger partial charge is 0.497 e. The number of aliphatic hydroxyl groups is 1. The van der Waals surface area contributed by atoms with E-state index in [9.17, 15) is 5.11 Å². The summed E-state index contributed by atoms with van der Waals surface area (Å²) in [5.74, 6) is 0.271. The van der Waals surface area contributed by atoms with Crippen molar-refractivity contribution >= 4 is 28.7 Å². The van der Waals surface area contributed by atoms with Crippen LogP contribution in [-0.2, 0) is 21.7 Å². The fraction of sp³-hybridized carbons (Fsp3) is 0.205. The Morgan fingerprint density at radius 2 is 1.45 bits per heavy atom. The van der Waals surface area contributed by atoms with Crippen LogP contribution in [0.4, 0.5) is 5.95 Å². The molecule has 1 saturated carbocycles. The van der Waals surface area contributed by atoms with Crippen molar-refractivity contribution in [3.63, 3.8) is 0 Å². The molecule has 1 aliphatic rings. The Labute approximate surface area is 289 Å². The molecule has 0 radical (unpaired) electrons. The van der Waals surface area contributed by atoms with Crippen LogP contribution < -0.4 is 10.5 Å². The lowest BCUT2D eigenvalue weighted by molar-refractivity contribution is -0.119. The Hall–Kier alpha value is -5.06. The first-order valence-electron chi connectivity index (χ1n) is 16.0. The van der Waals surface area contributed by atoms with E-state index in [-0.39, 0.29) is 17.7 Å². The van der Waals surface area contributed by atoms with Crippen LogP contribution in [0.5, 0.6) is 5.75 Å². The minimum Gasteiger partial charge on any atom is -0.497 e. The standard InChI is InChI=1S/C39H36ClN5O4/c1-25-31(23-48-22-26-12-6-3-7-13-26)35(34(46)33(25)45-24-42-32-36(40)43-38(41)44-37(32)45)49-39(27-14-8-4-9-15-27,28-16-10-5-11-17-28)29-18-20-30(47-2)21-19-29/h3-21,24,31,33-35,46H,1,22-23H2,2H3,(H2,41,43,44)/t31?,33?,34?,35-/m0/s1. The van der Waals surface area contributed by atoms with Crippen molar-refractivity contribution in [3.8, 4) is 5.75 Å². The third kappa shape index (κ3) is 6.06. The van der Waals surface area contributed by atoms with Crippen LogP contribution in [0.15, 0.2) is 134 Å². The number of nitrogen functional groups attached to an aromatic ring is 1. The Kier molecular flexibility index (Phi) is 9.16. The molecule has 3 unspecified atom stereocenters. The third-order valence-electron chi connectivity index (χ3n) is 9.19. The quantitative estimate of drug-likeness (QED) is 0.0881. The fourth-order valence-corrected chi connectivity index (χ4v) is 7.04. The number of halogens is 1. The molecule has 4 aromatic carbocycles. The number of nitrogens with two attached hydrogens (primary N) is 1. The van der Waals surface area contributed by atoms with E-state index in [0.717, 1.165) is 22.3 Å². The zero-order chi connectivity index (χ0) is 34.0. The van der Waals surface area contributed by atoms with Crippen molar-refractivity contribution in [2.24, 2.45) is 5.92 Å². The fourth-order valence-electron chi connectivity index (χ4n) is 6.82. The number of ether oxygens (including phenoxy) is 3. The molecule has 3 N–H and O–H groups in total. The summed E-state index contributed by atoms with van der Waals surface area (Å²) in [7, 11) is 1.64. The third-order valence-corrected chi connectivity index (χ3v) is 9.45. The highest BCUT2D eigenvalue weighted by Gasteiger charge is 2.52. The molecule has 248 valence electrons. The van der Waals surface area contributed by atoms with Gasteiger partial charge in [0.2, 0.25) is 5.95 Å². The van der Waals surface area contributed by atoms with Gasteiger partial charge in [-0.1, -0.05) is 121 Å². The number of hydrogen-bond acceptors (Lipinski definition) is 8. The summed E-state index contributed by atoms with van der Waals surface area (Å²) in [4.78, 5) is 13.0. The molecule has 0 amide bonds. The molecule has 7 rings (SSSR count). The van der Waals surface area contributed by atoms with Gasteiger partial charge in [0.05, 0.1) is 38.8 Å². The summed E-state index contributed by atoms with van der Waals surface area (Å²) in [5.41, 5.74) is 9.98. The number of fused-ring (bicyclic) bond motifs is 1. The van der Waals surface area contributed by atoms with Crippen LogP contribution in [-0.4, -0.2) is 50.6 Å². The molecule has 1 fully saturated rings. The van der Waals surface area contributed by atoms with Gasteiger partial charge in [-0.3, -0.25) is 0 Å². The van der Waals surface area contributed by atoms with Crippen LogP contribution in [0.1, 0.15) is 28.3 Å². The van der Waals surface area contributed by atoms with Gasteiger partial charge in [-0.2, -0.15) is 9.97 Å². The van der Waals surface area contributed by atoms with Gasteiger partial charge in [-0.25, -0.2) is 4.98 Å². The van der Waals surface area contributed by atoms with Crippen molar-refractivity contribution in [1.29, 1.82) is 0 Å². The summed E-state index contributed by atoms with van der Waals surface area (Å²) in [6, 6.07) is 37.1. The predicted molar refractivity (Wildman–Crippen MR) is 189 cm³/mol. The van der Waals surface area contributed by atoms with Crippen molar-refractivity contribution in [2.45, 2.75) is 30.5 Å². The number of aliphatic hydroxyl groups excluding tert-OH is 1. The van der Waals surface area contributed by atoms with Crippen LogP contribution in [0.3, 0.4) is 0 Å². The summed E-state index contributed by atoms with van der Waals surface area (Å²) in [5, 5.41) is 12.6. The summed E-state index contributed by atoms with van der Waals surface area (Å²) >= 11 is 6.41. The van der Waals surface area contributed by atoms with Crippen molar-refractivity contribution in [3.05, 3.63) is 161 Å². The van der Waals surface area contributed by atoms with Gasteiger partial charge in [0, 0.05) is 5.92 Å². The molecule has 6 aromatic rings. The van der Waals surface area contributed by atoms with Crippen LogP contribution in [0, 0.1) is 5.92 Å². The molecule has 2 heterocycles. The number of hydrogen-bond donors (Lipinski definition) is 2. The van der Waals surface area contributed by atoms with Crippen molar-refractivity contribution in [2.75, 3.05) is 19.5 Å². The number of aromatic nitrogens is 4. The summed E-state index contributed by atoms with van der Waals surface area (Å²) < 4.78 is 21.1. The van der Waals surface area contributed by atoms with E-state index in [1.807, 2.05) is 115 Å². The van der Waals surface area contributed by atoms with E-state index in [2.05, 4.69) is 21.5 Å². The van der Waals surface area contributed by atoms with E-state index < -0.39 is 29.8 Å². The summed E-state index contributed by atoms with van der Waals surface area (Å²) in [6.07, 6.45) is -0.322. The molecule has 10 heteroatoms. The maximum Gasteiger partial charge on any atom is 0.223 e. The zero-order valence-electron chi connectivity index (χ0n) is 26.9. The van der Waals surface area contributed by atoms with Gasteiger partial charge < -0.3 is 29.6 Å². The van der Waals surface area contributed by atoms with Gasteiger partial charge in [-0.15, -0.1) is 0 Å². The number of methoxy groups -OCH3 is 1. The molecule has 4 atom stereocenters. The molecule has 0 bridgehead atoms. The van der Waals surface area contributed by atoms with Gasteiger partial charge in [0.15, 0.2) is 10.8 Å². The highest BCUT2D eigenvalue weighted by atomic mass is 35.5. The molecule has 9 nitrogen and oxygen atoms in total. The molecule has 0 saturated heterocycles. The lowest BCUT2D eigenvalue weighted by Crippen LogP contribution is -2.43. The molecule has 0 aliphatic heterocycles. The molecule has 49 heavy (non-hydrogen) atoms. The lowest BCUT2D eigenvalue weighted by Gasteiger charge is -2.40. The van der Waals surface area contributed by atoms with Gasteiger partial charge in [-0.05, 0) is 40.0 Å². The van der Waals surface area contributed by atoms with Crippen molar-refractivity contribution < 1.29 is 19.3 Å². The van der Waals surface area contributed by atoms with Gasteiger partial charge >= 0.3 is 0 Å². The topological polar surface area (TPSA) is 118 Å². The zero-order valence-corrected chi connectivity index (χ0v) is 27.6. The number of imidazole rings is 1. The number of rotatable bonds is 11. The van der Waals surface area contributed by atoms with Gasteiger partial charge in [0.25, 0.3) is 0 Å². The highest BCUT2D eigenvalue weighted by Crippen LogP contribution is 2.49. The molecule has 2 aromatic heterocycles. The Morgan fingerprint density at radius 1 is 0.857 bits per heavy atom. The summed E-state index contributed by atoms with van der Waals surface area (Å²) in [6.45, 7) is 5.15. The maximum absolute atomic E-state index is 12.4. The number of nitrogens with zero attached hydrogens (tertiary/aromatic N) is 4. The first-order valence-corrected chi connectivity index (χ1v) is 16.4. The number of anilines is 1. The Bertz CT molecular complexity index is 2000. The Morgan fingerprint density at radius 3 is 2.06 bits per heavy atom. The molecule has 0 spiro atoms. The molecule has 1 aliphatic carbocycles. The number of benzene rings is 4. The van der Waals surface area contributed by atoms with Crippen LogP contribution in [0.25, 0.3) is 11.2 Å². The monoisotopic (exact) mass is 673 g/mol. The van der Waals surface area contributed by atoms with E-state index in [4.69, 9.17) is 31.5 Å². The highest BCUT2D eigenvalue weighted by molar-refractivity contribution is 6.33. The average molecular weight is 674 g/mol. The van der Waals surface area contributed by atoms with E-state index in [0.29, 0.717) is 29.1 Å². The van der Waals surface area contributed by atoms with E-state index in [1.54, 1.807) is 18.0 Å². The Balaban J connectivity index is 1.37. The molecular formula is C39H36ClN5O4. The smallest absolute Gasteiger partial charge is 0.223 e. The minimum absolute atomic E-state index is 0.000397. The van der Waals surface area contributed by atoms with Gasteiger partial charge in [0.1, 0.15) is 23.0 Å². The first-order chi connectivity index (χ1) is 23.9. The van der Waals surface area contributed by atoms with Crippen LogP contribution in [0.2, 0.25) is 5.15 Å². The second kappa shape index (κ2) is 13.8.